The summed E-state index contributed by atoms with van der Waals surface area (Å²) in [6.45, 7) is 5.01. The molecule has 6 aromatic rings. The molecule has 0 radical (unpaired) electrons. The summed E-state index contributed by atoms with van der Waals surface area (Å²) < 4.78 is 2.49. The first kappa shape index (κ1) is 36.2. The van der Waals surface area contributed by atoms with Crippen LogP contribution >= 0.6 is 11.3 Å². The fourth-order valence-electron chi connectivity index (χ4n) is 9.69. The minimum atomic E-state index is -1.02. The smallest absolute Gasteiger partial charge is 0.328 e. The van der Waals surface area contributed by atoms with Gasteiger partial charge in [0.15, 0.2) is 0 Å². The Bertz CT molecular complexity index is 2540. The Morgan fingerprint density at radius 2 is 1.71 bits per heavy atom. The van der Waals surface area contributed by atoms with Crippen molar-refractivity contribution < 1.29 is 19.5 Å². The van der Waals surface area contributed by atoms with Crippen molar-refractivity contribution in [2.24, 2.45) is 0 Å². The predicted octanol–water partition coefficient (Wildman–Crippen LogP) is 10.3. The minimum Gasteiger partial charge on any atom is -0.478 e. The predicted molar refractivity (Wildman–Crippen MR) is 224 cm³/mol. The van der Waals surface area contributed by atoms with Crippen LogP contribution in [0.1, 0.15) is 108 Å². The second-order valence-corrected chi connectivity index (χ2v) is 17.2. The lowest BCUT2D eigenvalue weighted by atomic mass is 9.81. The number of nitrogens with zero attached hydrogens (tertiary/aromatic N) is 2. The van der Waals surface area contributed by atoms with Gasteiger partial charge in [0.05, 0.1) is 27.0 Å². The highest BCUT2D eigenvalue weighted by Crippen LogP contribution is 2.48. The molecule has 2 amide bonds. The molecule has 4 N–H and O–H groups in total. The van der Waals surface area contributed by atoms with Gasteiger partial charge in [-0.3, -0.25) is 9.59 Å². The number of hydrogen-bond donors (Lipinski definition) is 4. The zero-order valence-electron chi connectivity index (χ0n) is 32.0. The molecule has 10 heteroatoms. The van der Waals surface area contributed by atoms with E-state index in [0.717, 1.165) is 65.7 Å². The SMILES string of the molecule is Cc1nc(C)c(-c2cc3c4c(ccc3[nH]2)-c2c(C3CCCCC3)c3ccc(C(=O)NC5(C(=O)Nc6ccc(/C=C/C(=O)O)cc6)CCCC5)cc3n2CCC4)s1. The van der Waals surface area contributed by atoms with Gasteiger partial charge in [-0.1, -0.05) is 56.4 Å². The molecular weight excluding hydrogens is 719 g/mol. The number of fused-ring (bicyclic) bond motifs is 7. The van der Waals surface area contributed by atoms with Crippen LogP contribution in [0.25, 0.3) is 49.7 Å². The van der Waals surface area contributed by atoms with Gasteiger partial charge in [-0.2, -0.15) is 0 Å². The summed E-state index contributed by atoms with van der Waals surface area (Å²) in [4.78, 5) is 48.7. The molecule has 3 aromatic carbocycles. The topological polar surface area (TPSA) is 129 Å². The third-order valence-corrected chi connectivity index (χ3v) is 13.4. The van der Waals surface area contributed by atoms with Crippen LogP contribution < -0.4 is 10.6 Å². The van der Waals surface area contributed by atoms with Crippen molar-refractivity contribution in [2.45, 2.75) is 102 Å². The Labute approximate surface area is 330 Å². The van der Waals surface area contributed by atoms with Gasteiger partial charge in [-0.15, -0.1) is 11.3 Å². The van der Waals surface area contributed by atoms with Gasteiger partial charge in [0.1, 0.15) is 5.54 Å². The van der Waals surface area contributed by atoms with E-state index in [4.69, 9.17) is 10.1 Å². The van der Waals surface area contributed by atoms with Gasteiger partial charge < -0.3 is 25.3 Å². The van der Waals surface area contributed by atoms with Gasteiger partial charge in [0, 0.05) is 51.2 Å². The van der Waals surface area contributed by atoms with Gasteiger partial charge in [0.2, 0.25) is 5.91 Å². The number of H-pyrrole nitrogens is 1. The maximum Gasteiger partial charge on any atom is 0.328 e. The number of aryl methyl sites for hydroxylation is 4. The molecule has 0 spiro atoms. The van der Waals surface area contributed by atoms with Gasteiger partial charge in [-0.25, -0.2) is 9.78 Å². The molecule has 286 valence electrons. The summed E-state index contributed by atoms with van der Waals surface area (Å²) in [5, 5.41) is 18.8. The number of aliphatic carboxylic acids is 1. The number of carboxylic acids is 1. The molecular formula is C46H47N5O4S. The van der Waals surface area contributed by atoms with Crippen LogP contribution in [-0.4, -0.2) is 43.0 Å². The number of benzene rings is 3. The van der Waals surface area contributed by atoms with Gasteiger partial charge in [0.25, 0.3) is 5.91 Å². The molecule has 56 heavy (non-hydrogen) atoms. The standard InChI is InChI=1S/C46H47N5O4S/c1-27-43(56-28(2)47-27)38-26-36-33-11-8-24-51-39-25-31(15-18-35(39)41(30-9-4-3-5-10-30)42(51)34(33)19-20-37(36)49-38)44(54)50-46(22-6-7-23-46)45(55)48-32-16-12-29(13-17-32)14-21-40(52)53/h12-21,25-26,30,49H,3-11,22-24H2,1-2H3,(H,48,55)(H,50,54)(H,52,53)/b21-14+. The molecule has 9 nitrogen and oxygen atoms in total. The van der Waals surface area contributed by atoms with Crippen molar-refractivity contribution in [2.75, 3.05) is 5.32 Å². The van der Waals surface area contributed by atoms with Crippen LogP contribution in [-0.2, 0) is 22.6 Å². The molecule has 3 aliphatic rings. The molecule has 9 rings (SSSR count). The second kappa shape index (κ2) is 14.5. The highest BCUT2D eigenvalue weighted by Gasteiger charge is 2.43. The summed E-state index contributed by atoms with van der Waals surface area (Å²) in [6, 6.07) is 20.1. The molecule has 0 saturated heterocycles. The van der Waals surface area contributed by atoms with Crippen LogP contribution in [0.5, 0.6) is 0 Å². The third-order valence-electron chi connectivity index (χ3n) is 12.3. The lowest BCUT2D eigenvalue weighted by Crippen LogP contribution is -2.55. The van der Waals surface area contributed by atoms with Crippen LogP contribution in [0.4, 0.5) is 5.69 Å². The highest BCUT2D eigenvalue weighted by molar-refractivity contribution is 7.15. The fourth-order valence-corrected chi connectivity index (χ4v) is 10.6. The number of rotatable bonds is 8. The first-order valence-corrected chi connectivity index (χ1v) is 20.9. The highest BCUT2D eigenvalue weighted by atomic mass is 32.1. The summed E-state index contributed by atoms with van der Waals surface area (Å²) >= 11 is 1.74. The van der Waals surface area contributed by atoms with Crippen molar-refractivity contribution in [3.63, 3.8) is 0 Å². The Kier molecular flexibility index (Phi) is 9.40. The molecule has 4 heterocycles. The van der Waals surface area contributed by atoms with E-state index in [2.05, 4.69) is 64.4 Å². The molecule has 2 aliphatic carbocycles. The number of hydrogen-bond acceptors (Lipinski definition) is 5. The van der Waals surface area contributed by atoms with Crippen LogP contribution in [0.2, 0.25) is 0 Å². The number of carboxylic acid groups (broad SMARTS) is 1. The van der Waals surface area contributed by atoms with Gasteiger partial charge in [-0.05, 0) is 117 Å². The van der Waals surface area contributed by atoms with Crippen molar-refractivity contribution in [3.05, 3.63) is 99.7 Å². The molecule has 0 atom stereocenters. The third kappa shape index (κ3) is 6.53. The van der Waals surface area contributed by atoms with Crippen LogP contribution in [0.15, 0.2) is 66.7 Å². The number of nitrogens with one attached hydrogen (secondary N) is 3. The van der Waals surface area contributed by atoms with Crippen LogP contribution in [0.3, 0.4) is 0 Å². The summed E-state index contributed by atoms with van der Waals surface area (Å²) in [6.07, 6.45) is 13.4. The first-order chi connectivity index (χ1) is 27.2. The van der Waals surface area contributed by atoms with E-state index in [1.807, 2.05) is 6.07 Å². The minimum absolute atomic E-state index is 0.231. The van der Waals surface area contributed by atoms with Crippen molar-refractivity contribution >= 4 is 62.7 Å². The number of thiazole rings is 1. The van der Waals surface area contributed by atoms with E-state index < -0.39 is 11.5 Å². The largest absolute Gasteiger partial charge is 0.478 e. The first-order valence-electron chi connectivity index (χ1n) is 20.1. The number of carbonyl (C=O) groups is 3. The number of anilines is 1. The van der Waals surface area contributed by atoms with Crippen molar-refractivity contribution in [1.82, 2.24) is 19.9 Å². The van der Waals surface area contributed by atoms with E-state index >= 15 is 0 Å². The molecule has 2 saturated carbocycles. The van der Waals surface area contributed by atoms with Crippen LogP contribution in [0, 0.1) is 13.8 Å². The number of amides is 2. The molecule has 0 bridgehead atoms. The number of carbonyl (C=O) groups excluding carboxylic acids is 2. The average Bonchev–Trinajstić information content (AvgIpc) is 3.97. The lowest BCUT2D eigenvalue weighted by molar-refractivity contribution is -0.131. The van der Waals surface area contributed by atoms with E-state index in [-0.39, 0.29) is 11.8 Å². The fraction of sp³-hybridized carbons (Fsp3) is 0.348. The summed E-state index contributed by atoms with van der Waals surface area (Å²) in [7, 11) is 0. The monoisotopic (exact) mass is 765 g/mol. The average molecular weight is 766 g/mol. The maximum absolute atomic E-state index is 14.2. The zero-order chi connectivity index (χ0) is 38.6. The van der Waals surface area contributed by atoms with Crippen molar-refractivity contribution in [1.29, 1.82) is 0 Å². The second-order valence-electron chi connectivity index (χ2n) is 16.0. The Hall–Kier alpha value is -5.48. The molecule has 0 unspecified atom stereocenters. The van der Waals surface area contributed by atoms with E-state index in [0.29, 0.717) is 35.6 Å². The van der Waals surface area contributed by atoms with E-state index in [1.54, 1.807) is 35.6 Å². The molecule has 3 aromatic heterocycles. The Balaban J connectivity index is 1.07. The number of aromatic nitrogens is 3. The zero-order valence-corrected chi connectivity index (χ0v) is 32.8. The van der Waals surface area contributed by atoms with E-state index in [1.165, 1.54) is 76.2 Å². The Morgan fingerprint density at radius 1 is 0.929 bits per heavy atom. The van der Waals surface area contributed by atoms with Crippen molar-refractivity contribution in [3.8, 4) is 21.8 Å². The molecule has 1 aliphatic heterocycles. The lowest BCUT2D eigenvalue weighted by Gasteiger charge is -2.29. The summed E-state index contributed by atoms with van der Waals surface area (Å²) in [5.74, 6) is -1.03. The van der Waals surface area contributed by atoms with Gasteiger partial charge >= 0.3 is 5.97 Å². The van der Waals surface area contributed by atoms with E-state index in [9.17, 15) is 14.4 Å². The molecule has 2 fully saturated rings. The Morgan fingerprint density at radius 3 is 2.45 bits per heavy atom. The summed E-state index contributed by atoms with van der Waals surface area (Å²) in [5.41, 5.74) is 10.7. The quantitative estimate of drug-likeness (QED) is 0.115. The normalized spacial score (nSPS) is 16.9. The number of aromatic amines is 1. The maximum atomic E-state index is 14.2.